The van der Waals surface area contributed by atoms with Gasteiger partial charge in [0.05, 0.1) is 17.3 Å². The number of hydrogen-bond acceptors (Lipinski definition) is 6. The standard InChI is InChI=1S/C20H14F3N3O4S/c21-20(22,23)16-7-9-17(10-8-16)31(28,29)30-18-6-2-1-4-14(18)13-25-26-19(27)15-5-3-11-24-12-15/h1-13H,(H,26,27). The van der Waals surface area contributed by atoms with E-state index in [9.17, 15) is 26.4 Å². The Bertz CT molecular complexity index is 1200. The Labute approximate surface area is 175 Å². The maximum absolute atomic E-state index is 12.7. The normalized spacial score (nSPS) is 12.0. The summed E-state index contributed by atoms with van der Waals surface area (Å²) in [4.78, 5) is 15.3. The molecular weight excluding hydrogens is 435 g/mol. The summed E-state index contributed by atoms with van der Waals surface area (Å²) in [6.45, 7) is 0. The summed E-state index contributed by atoms with van der Waals surface area (Å²) in [6, 6.07) is 11.9. The number of rotatable bonds is 6. The SMILES string of the molecule is O=C(NN=Cc1ccccc1OS(=O)(=O)c1ccc(C(F)(F)F)cc1)c1cccnc1. The van der Waals surface area contributed by atoms with Crippen LogP contribution in [0.25, 0.3) is 0 Å². The van der Waals surface area contributed by atoms with E-state index in [0.29, 0.717) is 12.1 Å². The van der Waals surface area contributed by atoms with Crippen LogP contribution in [-0.2, 0) is 16.3 Å². The van der Waals surface area contributed by atoms with Crippen LogP contribution in [0.4, 0.5) is 13.2 Å². The van der Waals surface area contributed by atoms with Crippen molar-refractivity contribution in [3.8, 4) is 5.75 Å². The van der Waals surface area contributed by atoms with Crippen molar-refractivity contribution in [2.45, 2.75) is 11.1 Å². The predicted molar refractivity (Wildman–Crippen MR) is 105 cm³/mol. The smallest absolute Gasteiger partial charge is 0.378 e. The van der Waals surface area contributed by atoms with Crippen molar-refractivity contribution in [1.29, 1.82) is 0 Å². The Hall–Kier alpha value is -3.73. The van der Waals surface area contributed by atoms with Gasteiger partial charge in [-0.2, -0.15) is 26.7 Å². The minimum atomic E-state index is -4.59. The van der Waals surface area contributed by atoms with Gasteiger partial charge in [0.1, 0.15) is 4.90 Å². The van der Waals surface area contributed by atoms with Crippen molar-refractivity contribution in [3.05, 3.63) is 89.7 Å². The molecule has 3 aromatic rings. The van der Waals surface area contributed by atoms with Gasteiger partial charge in [0.2, 0.25) is 0 Å². The number of hydrogen-bond donors (Lipinski definition) is 1. The molecule has 1 N–H and O–H groups in total. The highest BCUT2D eigenvalue weighted by molar-refractivity contribution is 7.87. The highest BCUT2D eigenvalue weighted by atomic mass is 32.2. The third-order valence-corrected chi connectivity index (χ3v) is 5.13. The number of amides is 1. The third-order valence-electron chi connectivity index (χ3n) is 3.88. The lowest BCUT2D eigenvalue weighted by Gasteiger charge is -2.11. The number of para-hydroxylation sites is 1. The van der Waals surface area contributed by atoms with Crippen molar-refractivity contribution >= 4 is 22.2 Å². The quantitative estimate of drug-likeness (QED) is 0.352. The van der Waals surface area contributed by atoms with Crippen molar-refractivity contribution in [3.63, 3.8) is 0 Å². The van der Waals surface area contributed by atoms with Gasteiger partial charge >= 0.3 is 16.3 Å². The highest BCUT2D eigenvalue weighted by Gasteiger charge is 2.31. The number of aromatic nitrogens is 1. The molecule has 0 saturated heterocycles. The molecule has 31 heavy (non-hydrogen) atoms. The summed E-state index contributed by atoms with van der Waals surface area (Å²) in [5.41, 5.74) is 1.77. The Balaban J connectivity index is 1.76. The number of carbonyl (C=O) groups excluding carboxylic acids is 1. The fraction of sp³-hybridized carbons (Fsp3) is 0.0500. The van der Waals surface area contributed by atoms with E-state index in [0.717, 1.165) is 12.1 Å². The zero-order valence-electron chi connectivity index (χ0n) is 15.6. The summed E-state index contributed by atoms with van der Waals surface area (Å²) in [5.74, 6) is -0.651. The molecule has 3 rings (SSSR count). The molecule has 0 saturated carbocycles. The van der Waals surface area contributed by atoms with Gasteiger partial charge in [-0.05, 0) is 48.5 Å². The molecule has 0 aliphatic heterocycles. The number of nitrogens with one attached hydrogen (secondary N) is 1. The zero-order valence-corrected chi connectivity index (χ0v) is 16.4. The first-order valence-electron chi connectivity index (χ1n) is 8.61. The molecule has 0 spiro atoms. The molecule has 0 atom stereocenters. The highest BCUT2D eigenvalue weighted by Crippen LogP contribution is 2.30. The fourth-order valence-corrected chi connectivity index (χ4v) is 3.32. The predicted octanol–water partition coefficient (Wildman–Crippen LogP) is 3.63. The molecule has 0 bridgehead atoms. The van der Waals surface area contributed by atoms with Crippen LogP contribution in [0.15, 0.2) is 83.1 Å². The minimum absolute atomic E-state index is 0.123. The summed E-state index contributed by atoms with van der Waals surface area (Å²) in [5, 5.41) is 3.77. The number of nitrogens with zero attached hydrogens (tertiary/aromatic N) is 2. The van der Waals surface area contributed by atoms with E-state index >= 15 is 0 Å². The number of halogens is 3. The molecule has 2 aromatic carbocycles. The lowest BCUT2D eigenvalue weighted by atomic mass is 10.2. The lowest BCUT2D eigenvalue weighted by molar-refractivity contribution is -0.137. The summed E-state index contributed by atoms with van der Waals surface area (Å²) < 4.78 is 68.0. The largest absolute Gasteiger partial charge is 0.416 e. The second-order valence-corrected chi connectivity index (χ2v) is 7.58. The van der Waals surface area contributed by atoms with E-state index in [4.69, 9.17) is 4.18 Å². The third kappa shape index (κ3) is 5.66. The molecule has 0 fully saturated rings. The van der Waals surface area contributed by atoms with Crippen LogP contribution < -0.4 is 9.61 Å². The molecule has 1 aromatic heterocycles. The Morgan fingerprint density at radius 2 is 1.74 bits per heavy atom. The number of pyridine rings is 1. The van der Waals surface area contributed by atoms with Crippen molar-refractivity contribution in [2.75, 3.05) is 0 Å². The van der Waals surface area contributed by atoms with Crippen LogP contribution in [-0.4, -0.2) is 25.5 Å². The van der Waals surface area contributed by atoms with E-state index in [2.05, 4.69) is 15.5 Å². The van der Waals surface area contributed by atoms with Crippen LogP contribution in [0.5, 0.6) is 5.75 Å². The molecule has 7 nitrogen and oxygen atoms in total. The molecule has 0 unspecified atom stereocenters. The Morgan fingerprint density at radius 3 is 2.39 bits per heavy atom. The first-order valence-corrected chi connectivity index (χ1v) is 10.0. The maximum atomic E-state index is 12.7. The van der Waals surface area contributed by atoms with Crippen molar-refractivity contribution < 1.29 is 30.6 Å². The number of hydrazone groups is 1. The van der Waals surface area contributed by atoms with E-state index in [-0.39, 0.29) is 16.9 Å². The Kier molecular flexibility index (Phi) is 6.35. The molecule has 1 heterocycles. The molecular formula is C20H14F3N3O4S. The number of carbonyl (C=O) groups is 1. The van der Waals surface area contributed by atoms with Gasteiger partial charge in [0.15, 0.2) is 5.75 Å². The van der Waals surface area contributed by atoms with E-state index in [1.165, 1.54) is 42.9 Å². The lowest BCUT2D eigenvalue weighted by Crippen LogP contribution is -2.17. The number of benzene rings is 2. The topological polar surface area (TPSA) is 97.7 Å². The van der Waals surface area contributed by atoms with Crippen LogP contribution in [0, 0.1) is 0 Å². The van der Waals surface area contributed by atoms with Gasteiger partial charge in [-0.15, -0.1) is 0 Å². The summed E-state index contributed by atoms with van der Waals surface area (Å²) >= 11 is 0. The van der Waals surface area contributed by atoms with E-state index in [1.807, 2.05) is 0 Å². The summed E-state index contributed by atoms with van der Waals surface area (Å²) in [6.07, 6.45) is -0.568. The Morgan fingerprint density at radius 1 is 1.03 bits per heavy atom. The van der Waals surface area contributed by atoms with Crippen molar-refractivity contribution in [1.82, 2.24) is 10.4 Å². The molecule has 1 amide bonds. The second kappa shape index (κ2) is 8.96. The van der Waals surface area contributed by atoms with Crippen LogP contribution >= 0.6 is 0 Å². The minimum Gasteiger partial charge on any atom is -0.378 e. The molecule has 0 radical (unpaired) electrons. The average molecular weight is 449 g/mol. The van der Waals surface area contributed by atoms with E-state index < -0.39 is 32.7 Å². The zero-order chi connectivity index (χ0) is 22.5. The molecule has 11 heteroatoms. The maximum Gasteiger partial charge on any atom is 0.416 e. The average Bonchev–Trinajstić information content (AvgIpc) is 2.75. The first kappa shape index (κ1) is 22.0. The fourth-order valence-electron chi connectivity index (χ4n) is 2.36. The summed E-state index contributed by atoms with van der Waals surface area (Å²) in [7, 11) is -4.41. The second-order valence-electron chi connectivity index (χ2n) is 6.04. The van der Waals surface area contributed by atoms with Crippen LogP contribution in [0.3, 0.4) is 0 Å². The van der Waals surface area contributed by atoms with E-state index in [1.54, 1.807) is 12.1 Å². The number of alkyl halides is 3. The van der Waals surface area contributed by atoms with Crippen LogP contribution in [0.1, 0.15) is 21.5 Å². The molecule has 0 aliphatic carbocycles. The van der Waals surface area contributed by atoms with Crippen LogP contribution in [0.2, 0.25) is 0 Å². The van der Waals surface area contributed by atoms with Gasteiger partial charge < -0.3 is 4.18 Å². The van der Waals surface area contributed by atoms with Gasteiger partial charge in [0.25, 0.3) is 5.91 Å². The van der Waals surface area contributed by atoms with Gasteiger partial charge in [-0.1, -0.05) is 12.1 Å². The van der Waals surface area contributed by atoms with Gasteiger partial charge in [-0.25, -0.2) is 5.43 Å². The van der Waals surface area contributed by atoms with Crippen molar-refractivity contribution in [2.24, 2.45) is 5.10 Å². The molecule has 0 aliphatic rings. The molecule has 160 valence electrons. The monoisotopic (exact) mass is 449 g/mol. The van der Waals surface area contributed by atoms with Gasteiger partial charge in [0, 0.05) is 18.0 Å². The first-order chi connectivity index (χ1) is 14.7. The van der Waals surface area contributed by atoms with Gasteiger partial charge in [-0.3, -0.25) is 9.78 Å².